The molecule has 132 valence electrons. The fourth-order valence-corrected chi connectivity index (χ4v) is 4.29. The minimum atomic E-state index is 1.17. The molecule has 0 bridgehead atoms. The van der Waals surface area contributed by atoms with Crippen LogP contribution < -0.4 is 0 Å². The Labute approximate surface area is 156 Å². The van der Waals surface area contributed by atoms with E-state index >= 15 is 0 Å². The highest BCUT2D eigenvalue weighted by molar-refractivity contribution is 6.10. The molecular weight excluding hydrogens is 312 g/mol. The third-order valence-electron chi connectivity index (χ3n) is 5.67. The normalized spacial score (nSPS) is 11.6. The fraction of sp³-hybridized carbons (Fsp3) is 0.308. The van der Waals surface area contributed by atoms with Gasteiger partial charge in [-0.2, -0.15) is 0 Å². The highest BCUT2D eigenvalue weighted by atomic mass is 14.2. The van der Waals surface area contributed by atoms with Crippen molar-refractivity contribution in [1.82, 2.24) is 0 Å². The van der Waals surface area contributed by atoms with Gasteiger partial charge in [-0.25, -0.2) is 0 Å². The zero-order valence-corrected chi connectivity index (χ0v) is 16.0. The molecule has 0 heteroatoms. The average molecular weight is 341 g/mol. The molecule has 0 nitrogen and oxygen atoms in total. The summed E-state index contributed by atoms with van der Waals surface area (Å²) in [7, 11) is 0. The second-order valence-corrected chi connectivity index (χ2v) is 7.45. The maximum atomic E-state index is 2.44. The van der Waals surface area contributed by atoms with Crippen LogP contribution in [0.5, 0.6) is 0 Å². The Bertz CT molecular complexity index is 970. The second kappa shape index (κ2) is 7.50. The summed E-state index contributed by atoms with van der Waals surface area (Å²) in [6, 6.07) is 22.8. The summed E-state index contributed by atoms with van der Waals surface area (Å²) < 4.78 is 0. The molecule has 0 aliphatic carbocycles. The van der Waals surface area contributed by atoms with E-state index in [0.717, 1.165) is 0 Å². The summed E-state index contributed by atoms with van der Waals surface area (Å²) in [5.74, 6) is 0. The van der Waals surface area contributed by atoms with Crippen LogP contribution in [0.4, 0.5) is 0 Å². The average Bonchev–Trinajstić information content (AvgIpc) is 2.69. The predicted octanol–water partition coefficient (Wildman–Crippen LogP) is 7.83. The quantitative estimate of drug-likeness (QED) is 0.314. The maximum absolute atomic E-state index is 2.44. The second-order valence-electron chi connectivity index (χ2n) is 7.45. The van der Waals surface area contributed by atoms with E-state index in [9.17, 15) is 0 Å². The molecule has 4 aromatic carbocycles. The van der Waals surface area contributed by atoms with Gasteiger partial charge in [-0.1, -0.05) is 75.2 Å². The van der Waals surface area contributed by atoms with Crippen LogP contribution in [0.2, 0.25) is 0 Å². The van der Waals surface area contributed by atoms with E-state index in [1.54, 1.807) is 11.1 Å². The third-order valence-corrected chi connectivity index (χ3v) is 5.67. The van der Waals surface area contributed by atoms with E-state index < -0.39 is 0 Å². The van der Waals surface area contributed by atoms with Gasteiger partial charge < -0.3 is 0 Å². The van der Waals surface area contributed by atoms with Crippen molar-refractivity contribution in [1.29, 1.82) is 0 Å². The van der Waals surface area contributed by atoms with Crippen molar-refractivity contribution in [2.75, 3.05) is 0 Å². The lowest BCUT2D eigenvalue weighted by molar-refractivity contribution is 0.798. The molecular formula is C26H28. The van der Waals surface area contributed by atoms with E-state index in [4.69, 9.17) is 0 Å². The Morgan fingerprint density at radius 1 is 0.538 bits per heavy atom. The lowest BCUT2D eigenvalue weighted by atomic mass is 9.86. The lowest BCUT2D eigenvalue weighted by Crippen LogP contribution is -1.97. The Kier molecular flexibility index (Phi) is 4.93. The zero-order chi connectivity index (χ0) is 17.9. The highest BCUT2D eigenvalue weighted by Gasteiger charge is 2.14. The van der Waals surface area contributed by atoms with Gasteiger partial charge in [0.15, 0.2) is 0 Å². The summed E-state index contributed by atoms with van der Waals surface area (Å²) in [6.45, 7) is 4.57. The number of hydrogen-bond donors (Lipinski definition) is 0. The molecule has 0 spiro atoms. The molecule has 26 heavy (non-hydrogen) atoms. The van der Waals surface area contributed by atoms with Crippen molar-refractivity contribution in [2.24, 2.45) is 0 Å². The van der Waals surface area contributed by atoms with Crippen LogP contribution in [-0.4, -0.2) is 0 Å². The van der Waals surface area contributed by atoms with Crippen LogP contribution in [0.15, 0.2) is 60.7 Å². The molecule has 0 radical (unpaired) electrons. The molecule has 0 fully saturated rings. The molecule has 0 aliphatic rings. The first-order valence-corrected chi connectivity index (χ1v) is 10.2. The molecule has 4 aromatic rings. The first-order valence-electron chi connectivity index (χ1n) is 10.2. The van der Waals surface area contributed by atoms with E-state index in [1.807, 2.05) is 0 Å². The van der Waals surface area contributed by atoms with Crippen LogP contribution in [0.3, 0.4) is 0 Å². The van der Waals surface area contributed by atoms with Crippen LogP contribution >= 0.6 is 0 Å². The van der Waals surface area contributed by atoms with Gasteiger partial charge in [0.2, 0.25) is 0 Å². The minimum Gasteiger partial charge on any atom is -0.0654 e. The molecule has 4 rings (SSSR count). The van der Waals surface area contributed by atoms with Gasteiger partial charge in [-0.05, 0) is 81.3 Å². The molecule has 0 unspecified atom stereocenters. The van der Waals surface area contributed by atoms with Gasteiger partial charge in [0.25, 0.3) is 0 Å². The van der Waals surface area contributed by atoms with Crippen LogP contribution in [0, 0.1) is 0 Å². The Morgan fingerprint density at radius 2 is 0.962 bits per heavy atom. The first-order chi connectivity index (χ1) is 12.8. The summed E-state index contributed by atoms with van der Waals surface area (Å²) in [5, 5.41) is 8.59. The largest absolute Gasteiger partial charge is 0.0654 e. The minimum absolute atomic E-state index is 1.17. The van der Waals surface area contributed by atoms with Crippen molar-refractivity contribution in [3.63, 3.8) is 0 Å². The third kappa shape index (κ3) is 2.98. The number of unbranched alkanes of at least 4 members (excludes halogenated alkanes) is 2. The number of benzene rings is 4. The van der Waals surface area contributed by atoms with E-state index in [1.165, 1.54) is 70.8 Å². The van der Waals surface area contributed by atoms with Crippen molar-refractivity contribution < 1.29 is 0 Å². The monoisotopic (exact) mass is 340 g/mol. The van der Waals surface area contributed by atoms with Gasteiger partial charge in [0.05, 0.1) is 0 Å². The van der Waals surface area contributed by atoms with E-state index in [0.29, 0.717) is 0 Å². The molecule has 0 aliphatic heterocycles. The summed E-state index contributed by atoms with van der Waals surface area (Å²) >= 11 is 0. The van der Waals surface area contributed by atoms with E-state index in [-0.39, 0.29) is 0 Å². The molecule has 0 N–H and O–H groups in total. The Morgan fingerprint density at radius 3 is 1.38 bits per heavy atom. The van der Waals surface area contributed by atoms with Crippen molar-refractivity contribution in [3.8, 4) is 0 Å². The van der Waals surface area contributed by atoms with Crippen LogP contribution in [0.1, 0.15) is 50.7 Å². The van der Waals surface area contributed by atoms with E-state index in [2.05, 4.69) is 74.5 Å². The molecule has 0 atom stereocenters. The van der Waals surface area contributed by atoms with Crippen molar-refractivity contribution >= 4 is 32.3 Å². The maximum Gasteiger partial charge on any atom is -0.0136 e. The Balaban J connectivity index is 2.12. The zero-order valence-electron chi connectivity index (χ0n) is 16.0. The van der Waals surface area contributed by atoms with Crippen molar-refractivity contribution in [3.05, 3.63) is 71.8 Å². The lowest BCUT2D eigenvalue weighted by Gasteiger charge is -2.18. The number of rotatable bonds is 6. The highest BCUT2D eigenvalue weighted by Crippen LogP contribution is 2.37. The van der Waals surface area contributed by atoms with Gasteiger partial charge in [-0.3, -0.25) is 0 Å². The standard InChI is InChI=1S/C26H28/c1-3-5-13-23-21-15-9-10-16-22(21)24(14-6-4-2)26-18-20-12-8-7-11-19(20)17-25(23)26/h7-12,15-18H,3-6,13-14H2,1-2H3. The SMILES string of the molecule is CCCCc1c2ccccc2c(CCCC)c2cc3ccccc3cc12. The summed E-state index contributed by atoms with van der Waals surface area (Å²) in [5.41, 5.74) is 3.09. The van der Waals surface area contributed by atoms with Crippen LogP contribution in [-0.2, 0) is 12.8 Å². The molecule has 0 heterocycles. The number of fused-ring (bicyclic) bond motifs is 3. The van der Waals surface area contributed by atoms with Gasteiger partial charge >= 0.3 is 0 Å². The first kappa shape index (κ1) is 17.1. The van der Waals surface area contributed by atoms with Crippen LogP contribution in [0.25, 0.3) is 32.3 Å². The summed E-state index contributed by atoms with van der Waals surface area (Å²) in [4.78, 5) is 0. The summed E-state index contributed by atoms with van der Waals surface area (Å²) in [6.07, 6.45) is 7.31. The van der Waals surface area contributed by atoms with Gasteiger partial charge in [-0.15, -0.1) is 0 Å². The predicted molar refractivity (Wildman–Crippen MR) is 116 cm³/mol. The molecule has 0 amide bonds. The topological polar surface area (TPSA) is 0 Å². The number of aryl methyl sites for hydroxylation is 2. The van der Waals surface area contributed by atoms with Crippen molar-refractivity contribution in [2.45, 2.75) is 52.4 Å². The smallest absolute Gasteiger partial charge is 0.0136 e. The molecule has 0 saturated heterocycles. The Hall–Kier alpha value is -2.34. The van der Waals surface area contributed by atoms with Gasteiger partial charge in [0, 0.05) is 0 Å². The van der Waals surface area contributed by atoms with Gasteiger partial charge in [0.1, 0.15) is 0 Å². The fourth-order valence-electron chi connectivity index (χ4n) is 4.29. The molecule has 0 aromatic heterocycles. The number of hydrogen-bond acceptors (Lipinski definition) is 0. The molecule has 0 saturated carbocycles.